The zero-order valence-corrected chi connectivity index (χ0v) is 8.04. The van der Waals surface area contributed by atoms with Gasteiger partial charge in [0.1, 0.15) is 0 Å². The molecule has 0 radical (unpaired) electrons. The van der Waals surface area contributed by atoms with Crippen molar-refractivity contribution in [3.63, 3.8) is 0 Å². The molecule has 0 bridgehead atoms. The summed E-state index contributed by atoms with van der Waals surface area (Å²) in [5.74, 6) is 0.547. The topological polar surface area (TPSA) is 12.0 Å². The Morgan fingerprint density at radius 3 is 2.50 bits per heavy atom. The van der Waals surface area contributed by atoms with Gasteiger partial charge in [-0.05, 0) is 32.5 Å². The van der Waals surface area contributed by atoms with Crippen LogP contribution in [0.25, 0.3) is 0 Å². The Morgan fingerprint density at radius 2 is 1.92 bits per heavy atom. The predicted molar refractivity (Wildman–Crippen MR) is 53.8 cm³/mol. The van der Waals surface area contributed by atoms with Crippen LogP contribution in [-0.4, -0.2) is 6.04 Å². The lowest BCUT2D eigenvalue weighted by atomic mass is 9.95. The normalized spacial score (nSPS) is 29.8. The Bertz CT molecular complexity index is 223. The van der Waals surface area contributed by atoms with Crippen LogP contribution in [0.1, 0.15) is 20.8 Å². The van der Waals surface area contributed by atoms with Gasteiger partial charge in [-0.15, -0.1) is 0 Å². The van der Waals surface area contributed by atoms with Crippen LogP contribution in [0.4, 0.5) is 0 Å². The van der Waals surface area contributed by atoms with Crippen molar-refractivity contribution < 1.29 is 0 Å². The maximum Gasteiger partial charge on any atom is 0.0539 e. The number of hydrogen-bond donors (Lipinski definition) is 1. The second kappa shape index (κ2) is 4.15. The van der Waals surface area contributed by atoms with Gasteiger partial charge in [0.15, 0.2) is 0 Å². The fraction of sp³-hybridized carbons (Fsp3) is 0.455. The van der Waals surface area contributed by atoms with Gasteiger partial charge in [0, 0.05) is 5.92 Å². The zero-order chi connectivity index (χ0) is 8.97. The summed E-state index contributed by atoms with van der Waals surface area (Å²) < 4.78 is 0. The molecule has 1 nitrogen and oxygen atoms in total. The molecule has 0 fully saturated rings. The average molecular weight is 163 g/mol. The van der Waals surface area contributed by atoms with Gasteiger partial charge in [-0.1, -0.05) is 24.3 Å². The number of rotatable bonds is 2. The van der Waals surface area contributed by atoms with E-state index in [1.807, 2.05) is 0 Å². The Morgan fingerprint density at radius 1 is 1.25 bits per heavy atom. The summed E-state index contributed by atoms with van der Waals surface area (Å²) in [5, 5.41) is 3.34. The zero-order valence-electron chi connectivity index (χ0n) is 8.04. The van der Waals surface area contributed by atoms with E-state index in [0.717, 1.165) is 0 Å². The molecule has 66 valence electrons. The lowest BCUT2D eigenvalue weighted by Gasteiger charge is -2.14. The third-order valence-electron chi connectivity index (χ3n) is 2.22. The first-order valence-corrected chi connectivity index (χ1v) is 4.48. The highest BCUT2D eigenvalue weighted by Gasteiger charge is 2.21. The molecule has 0 aromatic rings. The highest BCUT2D eigenvalue weighted by Crippen LogP contribution is 2.22. The average Bonchev–Trinajstić information content (AvgIpc) is 2.37. The monoisotopic (exact) mass is 163 g/mol. The van der Waals surface area contributed by atoms with Gasteiger partial charge in [0.05, 0.1) is 6.04 Å². The minimum Gasteiger partial charge on any atom is -0.384 e. The van der Waals surface area contributed by atoms with Crippen LogP contribution in [-0.2, 0) is 0 Å². The SMILES string of the molecule is C/C=C\C1NC=C(C)C1/C=C\C. The molecule has 0 saturated carbocycles. The third kappa shape index (κ3) is 1.79. The van der Waals surface area contributed by atoms with Gasteiger partial charge in [0.25, 0.3) is 0 Å². The number of nitrogens with one attached hydrogen (secondary N) is 1. The van der Waals surface area contributed by atoms with Crippen molar-refractivity contribution in [1.82, 2.24) is 5.32 Å². The molecule has 0 aromatic heterocycles. The highest BCUT2D eigenvalue weighted by atomic mass is 14.9. The molecule has 1 N–H and O–H groups in total. The molecular formula is C11H17N. The van der Waals surface area contributed by atoms with Crippen LogP contribution in [0.5, 0.6) is 0 Å². The molecule has 0 aromatic carbocycles. The van der Waals surface area contributed by atoms with Crippen LogP contribution < -0.4 is 5.32 Å². The van der Waals surface area contributed by atoms with E-state index in [1.165, 1.54) is 5.57 Å². The first kappa shape index (κ1) is 9.11. The summed E-state index contributed by atoms with van der Waals surface area (Å²) in [6.07, 6.45) is 10.8. The summed E-state index contributed by atoms with van der Waals surface area (Å²) in [4.78, 5) is 0. The maximum absolute atomic E-state index is 3.34. The fourth-order valence-corrected chi connectivity index (χ4v) is 1.57. The smallest absolute Gasteiger partial charge is 0.0539 e. The number of hydrogen-bond acceptors (Lipinski definition) is 1. The quantitative estimate of drug-likeness (QED) is 0.617. The van der Waals surface area contributed by atoms with Gasteiger partial charge in [-0.25, -0.2) is 0 Å². The Labute approximate surface area is 74.9 Å². The highest BCUT2D eigenvalue weighted by molar-refractivity contribution is 5.23. The lowest BCUT2D eigenvalue weighted by molar-refractivity contribution is 0.637. The van der Waals surface area contributed by atoms with Crippen molar-refractivity contribution in [2.24, 2.45) is 5.92 Å². The van der Waals surface area contributed by atoms with Gasteiger partial charge >= 0.3 is 0 Å². The molecule has 0 aliphatic carbocycles. The first-order valence-electron chi connectivity index (χ1n) is 4.48. The maximum atomic E-state index is 3.34. The summed E-state index contributed by atoms with van der Waals surface area (Å²) >= 11 is 0. The molecule has 12 heavy (non-hydrogen) atoms. The molecule has 2 unspecified atom stereocenters. The van der Waals surface area contributed by atoms with Crippen LogP contribution in [0, 0.1) is 5.92 Å². The minimum absolute atomic E-state index is 0.464. The van der Waals surface area contributed by atoms with Crippen molar-refractivity contribution in [3.05, 3.63) is 36.1 Å². The second-order valence-corrected chi connectivity index (χ2v) is 3.16. The predicted octanol–water partition coefficient (Wildman–Crippen LogP) is 2.63. The van der Waals surface area contributed by atoms with Crippen molar-refractivity contribution in [2.45, 2.75) is 26.8 Å². The molecule has 1 aliphatic rings. The van der Waals surface area contributed by atoms with Crippen LogP contribution >= 0.6 is 0 Å². The fourth-order valence-electron chi connectivity index (χ4n) is 1.57. The Balaban J connectivity index is 2.69. The summed E-state index contributed by atoms with van der Waals surface area (Å²) in [6.45, 7) is 6.29. The van der Waals surface area contributed by atoms with Gasteiger partial charge < -0.3 is 5.32 Å². The van der Waals surface area contributed by atoms with E-state index in [4.69, 9.17) is 0 Å². The molecule has 1 heteroatoms. The van der Waals surface area contributed by atoms with E-state index in [0.29, 0.717) is 12.0 Å². The first-order chi connectivity index (χ1) is 5.79. The second-order valence-electron chi connectivity index (χ2n) is 3.16. The third-order valence-corrected chi connectivity index (χ3v) is 2.22. The van der Waals surface area contributed by atoms with Crippen molar-refractivity contribution in [1.29, 1.82) is 0 Å². The molecule has 2 atom stereocenters. The van der Waals surface area contributed by atoms with E-state index >= 15 is 0 Å². The Kier molecular flexibility index (Phi) is 3.15. The van der Waals surface area contributed by atoms with E-state index in [2.05, 4.69) is 56.6 Å². The molecule has 0 spiro atoms. The lowest BCUT2D eigenvalue weighted by Crippen LogP contribution is -2.23. The van der Waals surface area contributed by atoms with Gasteiger partial charge in [-0.2, -0.15) is 0 Å². The largest absolute Gasteiger partial charge is 0.384 e. The Hall–Kier alpha value is -0.980. The molecule has 1 rings (SSSR count). The van der Waals surface area contributed by atoms with Crippen LogP contribution in [0.15, 0.2) is 36.1 Å². The molecule has 1 heterocycles. The molecule has 1 aliphatic heterocycles. The molecular weight excluding hydrogens is 146 g/mol. The van der Waals surface area contributed by atoms with E-state index in [-0.39, 0.29) is 0 Å². The van der Waals surface area contributed by atoms with E-state index in [9.17, 15) is 0 Å². The van der Waals surface area contributed by atoms with Crippen molar-refractivity contribution >= 4 is 0 Å². The summed E-state index contributed by atoms with van der Waals surface area (Å²) in [7, 11) is 0. The van der Waals surface area contributed by atoms with E-state index in [1.54, 1.807) is 0 Å². The van der Waals surface area contributed by atoms with Crippen molar-refractivity contribution in [3.8, 4) is 0 Å². The number of allylic oxidation sites excluding steroid dienone is 2. The molecule has 0 saturated heterocycles. The van der Waals surface area contributed by atoms with E-state index < -0.39 is 0 Å². The minimum atomic E-state index is 0.464. The van der Waals surface area contributed by atoms with Gasteiger partial charge in [0.2, 0.25) is 0 Å². The van der Waals surface area contributed by atoms with Gasteiger partial charge in [-0.3, -0.25) is 0 Å². The summed E-state index contributed by atoms with van der Waals surface area (Å²) in [5.41, 5.74) is 1.41. The summed E-state index contributed by atoms with van der Waals surface area (Å²) in [6, 6.07) is 0.464. The molecule has 0 amide bonds. The standard InChI is InChI=1S/C11H17N/c1-4-6-10-9(3)8-12-11(10)7-5-2/h4-8,10-12H,1-3H3/b6-4-,7-5-. The van der Waals surface area contributed by atoms with Crippen LogP contribution in [0.2, 0.25) is 0 Å². The van der Waals surface area contributed by atoms with Crippen LogP contribution in [0.3, 0.4) is 0 Å². The van der Waals surface area contributed by atoms with Crippen molar-refractivity contribution in [2.75, 3.05) is 0 Å².